The van der Waals surface area contributed by atoms with Gasteiger partial charge < -0.3 is 4.23 Å². The summed E-state index contributed by atoms with van der Waals surface area (Å²) in [5.41, 5.74) is 0.431. The molecule has 14 heavy (non-hydrogen) atoms. The molecule has 1 nitrogen and oxygen atoms in total. The molecule has 0 heterocycles. The zero-order valence-corrected chi connectivity index (χ0v) is 13.7. The molecule has 0 saturated carbocycles. The number of rotatable bonds is 3. The first-order chi connectivity index (χ1) is 5.84. The summed E-state index contributed by atoms with van der Waals surface area (Å²) in [5.74, 6) is 0. The summed E-state index contributed by atoms with van der Waals surface area (Å²) in [5, 5.41) is 0. The molecular formula is C11H29NSi2. The molecule has 0 fully saturated rings. The fraction of sp³-hybridized carbons (Fsp3) is 1.00. The van der Waals surface area contributed by atoms with Crippen molar-refractivity contribution in [2.24, 2.45) is 5.41 Å². The molecule has 3 heteroatoms. The van der Waals surface area contributed by atoms with Gasteiger partial charge in [-0.2, -0.15) is 0 Å². The van der Waals surface area contributed by atoms with Gasteiger partial charge in [0.2, 0.25) is 0 Å². The molecule has 0 aromatic heterocycles. The van der Waals surface area contributed by atoms with Gasteiger partial charge >= 0.3 is 0 Å². The molecule has 0 unspecified atom stereocenters. The third kappa shape index (κ3) is 5.32. The van der Waals surface area contributed by atoms with E-state index in [0.717, 1.165) is 0 Å². The van der Waals surface area contributed by atoms with Crippen LogP contribution in [0.3, 0.4) is 0 Å². The number of hydrogen-bond acceptors (Lipinski definition) is 1. The molecule has 0 aromatic carbocycles. The van der Waals surface area contributed by atoms with Crippen LogP contribution in [0.4, 0.5) is 0 Å². The summed E-state index contributed by atoms with van der Waals surface area (Å²) in [6, 6.07) is 0. The highest BCUT2D eigenvalue weighted by Crippen LogP contribution is 2.25. The summed E-state index contributed by atoms with van der Waals surface area (Å²) < 4.78 is 2.86. The molecule has 86 valence electrons. The van der Waals surface area contributed by atoms with Gasteiger partial charge in [-0.1, -0.05) is 60.1 Å². The Morgan fingerprint density at radius 2 is 1.07 bits per heavy atom. The molecule has 0 saturated heterocycles. The summed E-state index contributed by atoms with van der Waals surface area (Å²) in [6.45, 7) is 23.1. The second-order valence-electron chi connectivity index (χ2n) is 7.49. The molecule has 0 aliphatic carbocycles. The summed E-state index contributed by atoms with van der Waals surface area (Å²) in [7, 11) is -2.27. The molecular weight excluding hydrogens is 202 g/mol. The second-order valence-corrected chi connectivity index (χ2v) is 17.7. The van der Waals surface area contributed by atoms with E-state index in [0.29, 0.717) is 5.41 Å². The van der Waals surface area contributed by atoms with Crippen molar-refractivity contribution in [2.45, 2.75) is 60.1 Å². The minimum Gasteiger partial charge on any atom is -0.345 e. The van der Waals surface area contributed by atoms with E-state index in [1.54, 1.807) is 0 Å². The number of hydrogen-bond donors (Lipinski definition) is 0. The van der Waals surface area contributed by atoms with Gasteiger partial charge in [0.25, 0.3) is 0 Å². The van der Waals surface area contributed by atoms with Crippen molar-refractivity contribution in [3.05, 3.63) is 0 Å². The molecule has 0 atom stereocenters. The zero-order chi connectivity index (χ0) is 11.8. The predicted molar refractivity (Wildman–Crippen MR) is 72.9 cm³/mol. The van der Waals surface area contributed by atoms with Crippen molar-refractivity contribution in [2.75, 3.05) is 6.54 Å². The van der Waals surface area contributed by atoms with Crippen LogP contribution in [0.25, 0.3) is 0 Å². The Kier molecular flexibility index (Phi) is 4.22. The van der Waals surface area contributed by atoms with Crippen LogP contribution in [0.1, 0.15) is 20.8 Å². The lowest BCUT2D eigenvalue weighted by molar-refractivity contribution is 0.343. The van der Waals surface area contributed by atoms with Crippen molar-refractivity contribution in [3.63, 3.8) is 0 Å². The largest absolute Gasteiger partial charge is 0.345 e. The first kappa shape index (κ1) is 14.4. The first-order valence-corrected chi connectivity index (χ1v) is 12.5. The Labute approximate surface area is 93.1 Å². The molecule has 0 amide bonds. The molecule has 0 radical (unpaired) electrons. The van der Waals surface area contributed by atoms with E-state index in [-0.39, 0.29) is 0 Å². The third-order valence-corrected chi connectivity index (χ3v) is 9.83. The monoisotopic (exact) mass is 231 g/mol. The minimum absolute atomic E-state index is 0.431. The lowest BCUT2D eigenvalue weighted by atomic mass is 9.98. The van der Waals surface area contributed by atoms with Crippen LogP contribution in [-0.2, 0) is 0 Å². The summed E-state index contributed by atoms with van der Waals surface area (Å²) >= 11 is 0. The van der Waals surface area contributed by atoms with E-state index in [2.05, 4.69) is 64.3 Å². The van der Waals surface area contributed by atoms with E-state index in [1.165, 1.54) is 6.54 Å². The average molecular weight is 232 g/mol. The topological polar surface area (TPSA) is 3.24 Å². The zero-order valence-electron chi connectivity index (χ0n) is 11.7. The highest BCUT2D eigenvalue weighted by molar-refractivity contribution is 6.89. The molecule has 0 spiro atoms. The van der Waals surface area contributed by atoms with Crippen LogP contribution in [0.5, 0.6) is 0 Å². The van der Waals surface area contributed by atoms with Gasteiger partial charge in [-0.15, -0.1) is 0 Å². The van der Waals surface area contributed by atoms with E-state index in [4.69, 9.17) is 0 Å². The van der Waals surface area contributed by atoms with Gasteiger partial charge in [0, 0.05) is 0 Å². The first-order valence-electron chi connectivity index (χ1n) is 5.62. The fourth-order valence-electron chi connectivity index (χ4n) is 1.95. The molecule has 0 aliphatic heterocycles. The molecule has 0 rings (SSSR count). The molecule has 0 N–H and O–H groups in total. The Morgan fingerprint density at radius 1 is 0.786 bits per heavy atom. The van der Waals surface area contributed by atoms with Crippen LogP contribution in [0.2, 0.25) is 39.3 Å². The molecule has 0 aromatic rings. The average Bonchev–Trinajstić information content (AvgIpc) is 1.75. The van der Waals surface area contributed by atoms with E-state index >= 15 is 0 Å². The number of nitrogens with zero attached hydrogens (tertiary/aromatic N) is 1. The van der Waals surface area contributed by atoms with Gasteiger partial charge in [-0.05, 0) is 12.0 Å². The highest BCUT2D eigenvalue weighted by Gasteiger charge is 2.36. The van der Waals surface area contributed by atoms with Crippen LogP contribution in [0.15, 0.2) is 0 Å². The molecule has 0 bridgehead atoms. The molecule has 0 aliphatic rings. The van der Waals surface area contributed by atoms with Gasteiger partial charge in [0.15, 0.2) is 0 Å². The minimum atomic E-state index is -1.14. The maximum atomic E-state index is 2.86. The highest BCUT2D eigenvalue weighted by atomic mass is 28.4. The Morgan fingerprint density at radius 3 is 1.14 bits per heavy atom. The third-order valence-electron chi connectivity index (χ3n) is 2.25. The Bertz CT molecular complexity index is 167. The van der Waals surface area contributed by atoms with Crippen LogP contribution in [0, 0.1) is 5.41 Å². The SMILES string of the molecule is CC(C)(C)CN([Si](C)(C)C)[Si](C)(C)C. The second kappa shape index (κ2) is 4.10. The lowest BCUT2D eigenvalue weighted by Gasteiger charge is -2.46. The van der Waals surface area contributed by atoms with Gasteiger partial charge in [-0.3, -0.25) is 0 Å². The van der Waals surface area contributed by atoms with Gasteiger partial charge in [0.1, 0.15) is 16.5 Å². The standard InChI is InChI=1S/C11H29NSi2/c1-11(2,3)10-12(13(4,5)6)14(7,8)9/h10H2,1-9H3. The maximum absolute atomic E-state index is 2.86. The van der Waals surface area contributed by atoms with E-state index in [9.17, 15) is 0 Å². The van der Waals surface area contributed by atoms with Crippen molar-refractivity contribution in [3.8, 4) is 0 Å². The Balaban J connectivity index is 4.78. The normalized spacial score (nSPS) is 15.0. The van der Waals surface area contributed by atoms with Crippen LogP contribution >= 0.6 is 0 Å². The van der Waals surface area contributed by atoms with Crippen molar-refractivity contribution in [1.82, 2.24) is 4.23 Å². The maximum Gasteiger partial charge on any atom is 0.112 e. The van der Waals surface area contributed by atoms with Crippen LogP contribution in [-0.4, -0.2) is 27.2 Å². The van der Waals surface area contributed by atoms with E-state index in [1.807, 2.05) is 0 Å². The lowest BCUT2D eigenvalue weighted by Crippen LogP contribution is -2.61. The fourth-order valence-corrected chi connectivity index (χ4v) is 11.9. The summed E-state index contributed by atoms with van der Waals surface area (Å²) in [4.78, 5) is 0. The summed E-state index contributed by atoms with van der Waals surface area (Å²) in [6.07, 6.45) is 0. The van der Waals surface area contributed by atoms with Crippen molar-refractivity contribution >= 4 is 16.5 Å². The van der Waals surface area contributed by atoms with Crippen LogP contribution < -0.4 is 0 Å². The van der Waals surface area contributed by atoms with Crippen molar-refractivity contribution < 1.29 is 0 Å². The predicted octanol–water partition coefficient (Wildman–Crippen LogP) is 4.00. The Hall–Kier alpha value is 0.394. The van der Waals surface area contributed by atoms with Gasteiger partial charge in [0.05, 0.1) is 0 Å². The quantitative estimate of drug-likeness (QED) is 0.664. The van der Waals surface area contributed by atoms with E-state index < -0.39 is 16.5 Å². The van der Waals surface area contributed by atoms with Crippen molar-refractivity contribution in [1.29, 1.82) is 0 Å². The smallest absolute Gasteiger partial charge is 0.112 e. The van der Waals surface area contributed by atoms with Gasteiger partial charge in [-0.25, -0.2) is 0 Å².